The fourth-order valence-corrected chi connectivity index (χ4v) is 3.39. The number of hydrogen-bond acceptors (Lipinski definition) is 3. The molecule has 1 aliphatic carbocycles. The number of nitrogens with one attached hydrogen (secondary N) is 1. The number of thiol groups is 1. The van der Waals surface area contributed by atoms with Crippen molar-refractivity contribution >= 4 is 24.5 Å². The van der Waals surface area contributed by atoms with Gasteiger partial charge in [-0.05, 0) is 24.7 Å². The van der Waals surface area contributed by atoms with Gasteiger partial charge in [0.1, 0.15) is 6.04 Å². The molecule has 0 heterocycles. The van der Waals surface area contributed by atoms with E-state index in [4.69, 9.17) is 0 Å². The Morgan fingerprint density at radius 3 is 2.33 bits per heavy atom. The molecule has 1 rings (SSSR count). The number of amides is 1. The Morgan fingerprint density at radius 2 is 1.86 bits per heavy atom. The zero-order valence-corrected chi connectivity index (χ0v) is 14.1. The lowest BCUT2D eigenvalue weighted by Gasteiger charge is -2.26. The van der Waals surface area contributed by atoms with E-state index in [0.717, 1.165) is 6.42 Å². The van der Waals surface area contributed by atoms with E-state index in [2.05, 4.69) is 17.9 Å². The highest BCUT2D eigenvalue weighted by atomic mass is 32.1. The number of hydrogen-bond donors (Lipinski definition) is 3. The Kier molecular flexibility index (Phi) is 8.15. The Hall–Kier alpha value is -0.710. The summed E-state index contributed by atoms with van der Waals surface area (Å²) < 4.78 is 0. The van der Waals surface area contributed by atoms with Gasteiger partial charge in [-0.25, -0.2) is 4.79 Å². The molecule has 0 aromatic carbocycles. The van der Waals surface area contributed by atoms with Crippen molar-refractivity contribution in [3.63, 3.8) is 0 Å². The molecule has 1 aliphatic rings. The molecule has 0 bridgehead atoms. The minimum Gasteiger partial charge on any atom is -0.480 e. The van der Waals surface area contributed by atoms with Gasteiger partial charge < -0.3 is 10.4 Å². The van der Waals surface area contributed by atoms with Gasteiger partial charge >= 0.3 is 5.97 Å². The molecule has 122 valence electrons. The molecule has 0 saturated heterocycles. The van der Waals surface area contributed by atoms with Crippen LogP contribution in [-0.2, 0) is 9.59 Å². The second-order valence-corrected chi connectivity index (χ2v) is 7.01. The molecule has 1 saturated carbocycles. The highest BCUT2D eigenvalue weighted by Crippen LogP contribution is 2.29. The smallest absolute Gasteiger partial charge is 0.326 e. The average Bonchev–Trinajstić information content (AvgIpc) is 2.44. The van der Waals surface area contributed by atoms with Crippen LogP contribution in [0.2, 0.25) is 0 Å². The summed E-state index contributed by atoms with van der Waals surface area (Å²) in [6.07, 6.45) is 7.46. The number of aliphatic carboxylic acids is 1. The van der Waals surface area contributed by atoms with Crippen LogP contribution >= 0.6 is 12.6 Å². The van der Waals surface area contributed by atoms with Crippen LogP contribution in [0.3, 0.4) is 0 Å². The quantitative estimate of drug-likeness (QED) is 0.603. The predicted octanol–water partition coefficient (Wildman–Crippen LogP) is 3.12. The van der Waals surface area contributed by atoms with Crippen LogP contribution < -0.4 is 5.32 Å². The lowest BCUT2D eigenvalue weighted by Crippen LogP contribution is -2.45. The van der Waals surface area contributed by atoms with Crippen LogP contribution in [0.1, 0.15) is 58.8 Å². The fourth-order valence-electron chi connectivity index (χ4n) is 3.07. The van der Waals surface area contributed by atoms with Crippen molar-refractivity contribution in [3.8, 4) is 0 Å². The molecular weight excluding hydrogens is 286 g/mol. The van der Waals surface area contributed by atoms with E-state index in [0.29, 0.717) is 18.1 Å². The van der Waals surface area contributed by atoms with E-state index in [9.17, 15) is 14.7 Å². The van der Waals surface area contributed by atoms with Crippen LogP contribution in [0.4, 0.5) is 0 Å². The summed E-state index contributed by atoms with van der Waals surface area (Å²) >= 11 is 4.29. The predicted molar refractivity (Wildman–Crippen MR) is 87.6 cm³/mol. The van der Waals surface area contributed by atoms with E-state index in [1.54, 1.807) is 0 Å². The molecule has 2 N–H and O–H groups in total. The second kappa shape index (κ2) is 9.34. The van der Waals surface area contributed by atoms with Crippen LogP contribution in [-0.4, -0.2) is 28.8 Å². The fraction of sp³-hybridized carbons (Fsp3) is 0.875. The lowest BCUT2D eigenvalue weighted by atomic mass is 9.83. The van der Waals surface area contributed by atoms with Crippen molar-refractivity contribution in [2.45, 2.75) is 64.8 Å². The largest absolute Gasteiger partial charge is 0.480 e. The molecule has 1 fully saturated rings. The molecule has 0 aromatic heterocycles. The number of carboxylic acid groups (broad SMARTS) is 1. The van der Waals surface area contributed by atoms with Crippen molar-refractivity contribution in [2.24, 2.45) is 17.8 Å². The SMILES string of the molecule is CC(C)C[C@H](NC(=O)C(CS)CC1CCCCC1)C(=O)O. The van der Waals surface area contributed by atoms with Gasteiger partial charge in [0.25, 0.3) is 0 Å². The highest BCUT2D eigenvalue weighted by molar-refractivity contribution is 7.80. The average molecular weight is 315 g/mol. The summed E-state index contributed by atoms with van der Waals surface area (Å²) in [5.74, 6) is 0.0343. The normalized spacial score (nSPS) is 19.2. The van der Waals surface area contributed by atoms with E-state index in [-0.39, 0.29) is 17.7 Å². The first-order valence-corrected chi connectivity index (χ1v) is 8.71. The summed E-state index contributed by atoms with van der Waals surface area (Å²) in [5, 5.41) is 11.9. The molecule has 0 aliphatic heterocycles. The summed E-state index contributed by atoms with van der Waals surface area (Å²) in [4.78, 5) is 23.6. The van der Waals surface area contributed by atoms with E-state index in [1.807, 2.05) is 13.8 Å². The maximum atomic E-state index is 12.3. The summed E-state index contributed by atoms with van der Waals surface area (Å²) in [7, 11) is 0. The molecular formula is C16H29NO3S. The topological polar surface area (TPSA) is 66.4 Å². The third kappa shape index (κ3) is 6.72. The van der Waals surface area contributed by atoms with Gasteiger partial charge in [-0.1, -0.05) is 46.0 Å². The molecule has 0 aromatic rings. The van der Waals surface area contributed by atoms with Crippen LogP contribution in [0, 0.1) is 17.8 Å². The van der Waals surface area contributed by atoms with Gasteiger partial charge in [-0.15, -0.1) is 0 Å². The van der Waals surface area contributed by atoms with E-state index >= 15 is 0 Å². The molecule has 0 radical (unpaired) electrons. The Morgan fingerprint density at radius 1 is 1.24 bits per heavy atom. The summed E-state index contributed by atoms with van der Waals surface area (Å²) in [6.45, 7) is 3.92. The first kappa shape index (κ1) is 18.3. The Labute approximate surface area is 133 Å². The van der Waals surface area contributed by atoms with Crippen LogP contribution in [0.5, 0.6) is 0 Å². The number of rotatable bonds is 8. The van der Waals surface area contributed by atoms with Gasteiger partial charge in [0.15, 0.2) is 0 Å². The summed E-state index contributed by atoms with van der Waals surface area (Å²) in [5.41, 5.74) is 0. The minimum atomic E-state index is -0.951. The Bertz CT molecular complexity index is 340. The third-order valence-electron chi connectivity index (χ3n) is 4.26. The van der Waals surface area contributed by atoms with Gasteiger partial charge in [0, 0.05) is 11.7 Å². The van der Waals surface area contributed by atoms with Crippen molar-refractivity contribution in [1.29, 1.82) is 0 Å². The lowest BCUT2D eigenvalue weighted by molar-refractivity contribution is -0.142. The highest BCUT2D eigenvalue weighted by Gasteiger charge is 2.27. The monoisotopic (exact) mass is 315 g/mol. The molecule has 0 spiro atoms. The third-order valence-corrected chi connectivity index (χ3v) is 4.70. The summed E-state index contributed by atoms with van der Waals surface area (Å²) in [6, 6.07) is -0.786. The number of carbonyl (C=O) groups is 2. The van der Waals surface area contributed by atoms with Gasteiger partial charge in [-0.2, -0.15) is 12.6 Å². The number of carbonyl (C=O) groups excluding carboxylic acids is 1. The maximum Gasteiger partial charge on any atom is 0.326 e. The standard InChI is InChI=1S/C16H29NO3S/c1-11(2)8-14(16(19)20)17-15(18)13(10-21)9-12-6-4-3-5-7-12/h11-14,21H,3-10H2,1-2H3,(H,17,18)(H,19,20)/t13?,14-/m0/s1. The van der Waals surface area contributed by atoms with Crippen molar-refractivity contribution < 1.29 is 14.7 Å². The molecule has 4 nitrogen and oxygen atoms in total. The second-order valence-electron chi connectivity index (χ2n) is 6.65. The van der Waals surface area contributed by atoms with Crippen molar-refractivity contribution in [2.75, 3.05) is 5.75 Å². The van der Waals surface area contributed by atoms with Crippen LogP contribution in [0.25, 0.3) is 0 Å². The molecule has 2 atom stereocenters. The van der Waals surface area contributed by atoms with Crippen LogP contribution in [0.15, 0.2) is 0 Å². The molecule has 21 heavy (non-hydrogen) atoms. The molecule has 1 amide bonds. The Balaban J connectivity index is 2.53. The van der Waals surface area contributed by atoms with Crippen molar-refractivity contribution in [1.82, 2.24) is 5.32 Å². The number of carboxylic acids is 1. The van der Waals surface area contributed by atoms with E-state index in [1.165, 1.54) is 32.1 Å². The van der Waals surface area contributed by atoms with Gasteiger partial charge in [0.2, 0.25) is 5.91 Å². The first-order valence-electron chi connectivity index (χ1n) is 8.08. The van der Waals surface area contributed by atoms with Gasteiger partial charge in [-0.3, -0.25) is 4.79 Å². The molecule has 5 heteroatoms. The zero-order valence-electron chi connectivity index (χ0n) is 13.2. The zero-order chi connectivity index (χ0) is 15.8. The van der Waals surface area contributed by atoms with Gasteiger partial charge in [0.05, 0.1) is 0 Å². The van der Waals surface area contributed by atoms with Crippen molar-refractivity contribution in [3.05, 3.63) is 0 Å². The first-order chi connectivity index (χ1) is 9.93. The minimum absolute atomic E-state index is 0.149. The van der Waals surface area contributed by atoms with E-state index < -0.39 is 12.0 Å². The maximum absolute atomic E-state index is 12.3. The molecule has 1 unspecified atom stereocenters.